The first-order valence-corrected chi connectivity index (χ1v) is 7.46. The zero-order chi connectivity index (χ0) is 16.5. The van der Waals surface area contributed by atoms with Crippen LogP contribution in [0.3, 0.4) is 0 Å². The molecule has 5 heteroatoms. The number of aliphatic hydroxyl groups is 1. The summed E-state index contributed by atoms with van der Waals surface area (Å²) in [5.41, 5.74) is 1.000. The van der Waals surface area contributed by atoms with E-state index in [1.54, 1.807) is 12.1 Å². The number of carbonyl (C=O) groups is 1. The van der Waals surface area contributed by atoms with E-state index in [0.29, 0.717) is 5.75 Å². The molecule has 0 aliphatic heterocycles. The Labute approximate surface area is 135 Å². The molecule has 2 aromatic rings. The number of nitrogens with one attached hydrogen (secondary N) is 1. The van der Waals surface area contributed by atoms with E-state index in [0.717, 1.165) is 11.3 Å². The molecule has 2 aromatic carbocycles. The first-order chi connectivity index (χ1) is 11.1. The molecule has 0 radical (unpaired) electrons. The van der Waals surface area contributed by atoms with Crippen LogP contribution < -0.4 is 14.8 Å². The molecule has 0 heterocycles. The average molecular weight is 315 g/mol. The third-order valence-electron chi connectivity index (χ3n) is 3.17. The third kappa shape index (κ3) is 6.00. The number of rotatable bonds is 8. The lowest BCUT2D eigenvalue weighted by molar-refractivity contribution is -0.123. The van der Waals surface area contributed by atoms with Crippen molar-refractivity contribution in [3.05, 3.63) is 60.2 Å². The highest BCUT2D eigenvalue weighted by Crippen LogP contribution is 2.16. The van der Waals surface area contributed by atoms with Gasteiger partial charge < -0.3 is 19.9 Å². The number of aliphatic hydroxyl groups excluding tert-OH is 1. The molecule has 23 heavy (non-hydrogen) atoms. The lowest BCUT2D eigenvalue weighted by Gasteiger charge is -2.14. The van der Waals surface area contributed by atoms with Gasteiger partial charge in [0.25, 0.3) is 5.91 Å². The molecule has 1 atom stereocenters. The normalized spacial score (nSPS) is 11.6. The van der Waals surface area contributed by atoms with Gasteiger partial charge in [0, 0.05) is 6.54 Å². The lowest BCUT2D eigenvalue weighted by Crippen LogP contribution is -2.37. The topological polar surface area (TPSA) is 67.8 Å². The summed E-state index contributed by atoms with van der Waals surface area (Å²) in [6.07, 6.45) is -0.782. The van der Waals surface area contributed by atoms with Crippen molar-refractivity contribution in [2.75, 3.05) is 19.8 Å². The van der Waals surface area contributed by atoms with E-state index in [9.17, 15) is 9.90 Å². The Morgan fingerprint density at radius 3 is 2.52 bits per heavy atom. The molecule has 0 saturated heterocycles. The van der Waals surface area contributed by atoms with Crippen LogP contribution in [0.2, 0.25) is 0 Å². The molecule has 0 aliphatic rings. The summed E-state index contributed by atoms with van der Waals surface area (Å²) in [4.78, 5) is 11.7. The molecular formula is C18H21NO4. The maximum absolute atomic E-state index is 11.7. The SMILES string of the molecule is Cc1ccccc1OCC(O)CNC(=O)COc1ccccc1. The number of hydrogen-bond acceptors (Lipinski definition) is 4. The first-order valence-electron chi connectivity index (χ1n) is 7.46. The maximum Gasteiger partial charge on any atom is 0.258 e. The first kappa shape index (κ1) is 16.8. The van der Waals surface area contributed by atoms with Crippen LogP contribution in [0.5, 0.6) is 11.5 Å². The van der Waals surface area contributed by atoms with Crippen molar-refractivity contribution < 1.29 is 19.4 Å². The molecule has 2 N–H and O–H groups in total. The largest absolute Gasteiger partial charge is 0.491 e. The van der Waals surface area contributed by atoms with Gasteiger partial charge in [-0.1, -0.05) is 36.4 Å². The monoisotopic (exact) mass is 315 g/mol. The minimum absolute atomic E-state index is 0.0879. The summed E-state index contributed by atoms with van der Waals surface area (Å²) in [6, 6.07) is 16.7. The van der Waals surface area contributed by atoms with Crippen LogP contribution in [0.25, 0.3) is 0 Å². The van der Waals surface area contributed by atoms with Crippen molar-refractivity contribution in [3.63, 3.8) is 0 Å². The summed E-state index contributed by atoms with van der Waals surface area (Å²) in [5, 5.41) is 12.5. The molecule has 0 aromatic heterocycles. The van der Waals surface area contributed by atoms with E-state index < -0.39 is 6.10 Å². The van der Waals surface area contributed by atoms with E-state index in [1.165, 1.54) is 0 Å². The number of amides is 1. The zero-order valence-corrected chi connectivity index (χ0v) is 13.1. The molecule has 1 unspecified atom stereocenters. The van der Waals surface area contributed by atoms with Crippen molar-refractivity contribution in [1.29, 1.82) is 0 Å². The standard InChI is InChI=1S/C18H21NO4/c1-14-7-5-6-10-17(14)23-12-15(20)11-19-18(21)13-22-16-8-3-2-4-9-16/h2-10,15,20H,11-13H2,1H3,(H,19,21). The fraction of sp³-hybridized carbons (Fsp3) is 0.278. The quantitative estimate of drug-likeness (QED) is 0.781. The van der Waals surface area contributed by atoms with E-state index in [4.69, 9.17) is 9.47 Å². The van der Waals surface area contributed by atoms with Crippen molar-refractivity contribution in [1.82, 2.24) is 5.32 Å². The summed E-state index contributed by atoms with van der Waals surface area (Å²) >= 11 is 0. The van der Waals surface area contributed by atoms with E-state index in [-0.39, 0.29) is 25.7 Å². The van der Waals surface area contributed by atoms with Crippen LogP contribution in [0, 0.1) is 6.92 Å². The van der Waals surface area contributed by atoms with Gasteiger partial charge in [-0.15, -0.1) is 0 Å². The Balaban J connectivity index is 1.65. The molecule has 122 valence electrons. The highest BCUT2D eigenvalue weighted by atomic mass is 16.5. The van der Waals surface area contributed by atoms with Gasteiger partial charge in [-0.25, -0.2) is 0 Å². The predicted octanol–water partition coefficient (Wildman–Crippen LogP) is 1.93. The summed E-state index contributed by atoms with van der Waals surface area (Å²) in [7, 11) is 0. The molecule has 0 fully saturated rings. The van der Waals surface area contributed by atoms with Gasteiger partial charge in [-0.2, -0.15) is 0 Å². The van der Waals surface area contributed by atoms with Gasteiger partial charge in [0.05, 0.1) is 0 Å². The van der Waals surface area contributed by atoms with Gasteiger partial charge in [0.1, 0.15) is 24.2 Å². The van der Waals surface area contributed by atoms with Crippen molar-refractivity contribution >= 4 is 5.91 Å². The Hall–Kier alpha value is -2.53. The highest BCUT2D eigenvalue weighted by Gasteiger charge is 2.09. The molecule has 1 amide bonds. The number of para-hydroxylation sites is 2. The molecule has 0 bridgehead atoms. The highest BCUT2D eigenvalue weighted by molar-refractivity contribution is 5.77. The lowest BCUT2D eigenvalue weighted by atomic mass is 10.2. The fourth-order valence-electron chi connectivity index (χ4n) is 1.91. The van der Waals surface area contributed by atoms with Gasteiger partial charge in [-0.05, 0) is 30.7 Å². The second-order valence-corrected chi connectivity index (χ2v) is 5.14. The Morgan fingerprint density at radius 2 is 1.78 bits per heavy atom. The number of benzene rings is 2. The minimum Gasteiger partial charge on any atom is -0.491 e. The molecule has 0 aliphatic carbocycles. The number of hydrogen-bond donors (Lipinski definition) is 2. The predicted molar refractivity (Wildman–Crippen MR) is 87.6 cm³/mol. The molecule has 0 spiro atoms. The van der Waals surface area contributed by atoms with Gasteiger partial charge in [0.15, 0.2) is 6.61 Å². The van der Waals surface area contributed by atoms with Crippen molar-refractivity contribution in [2.24, 2.45) is 0 Å². The molecule has 5 nitrogen and oxygen atoms in total. The Bertz CT molecular complexity index is 615. The Kier molecular flexibility index (Phi) is 6.44. The van der Waals surface area contributed by atoms with Crippen LogP contribution in [0.4, 0.5) is 0 Å². The van der Waals surface area contributed by atoms with Crippen LogP contribution in [-0.2, 0) is 4.79 Å². The number of aryl methyl sites for hydroxylation is 1. The van der Waals surface area contributed by atoms with Crippen LogP contribution >= 0.6 is 0 Å². The second-order valence-electron chi connectivity index (χ2n) is 5.14. The zero-order valence-electron chi connectivity index (χ0n) is 13.1. The van der Waals surface area contributed by atoms with Gasteiger partial charge in [-0.3, -0.25) is 4.79 Å². The maximum atomic E-state index is 11.7. The third-order valence-corrected chi connectivity index (χ3v) is 3.17. The van der Waals surface area contributed by atoms with Gasteiger partial charge in [0.2, 0.25) is 0 Å². The van der Waals surface area contributed by atoms with E-state index in [1.807, 2.05) is 49.4 Å². The summed E-state index contributed by atoms with van der Waals surface area (Å²) < 4.78 is 10.8. The smallest absolute Gasteiger partial charge is 0.258 e. The molecular weight excluding hydrogens is 294 g/mol. The van der Waals surface area contributed by atoms with E-state index >= 15 is 0 Å². The minimum atomic E-state index is -0.782. The average Bonchev–Trinajstić information content (AvgIpc) is 2.58. The molecule has 2 rings (SSSR count). The number of carbonyl (C=O) groups excluding carboxylic acids is 1. The van der Waals surface area contributed by atoms with Crippen LogP contribution in [0.1, 0.15) is 5.56 Å². The van der Waals surface area contributed by atoms with Gasteiger partial charge >= 0.3 is 0 Å². The fourth-order valence-corrected chi connectivity index (χ4v) is 1.91. The van der Waals surface area contributed by atoms with Crippen molar-refractivity contribution in [2.45, 2.75) is 13.0 Å². The number of ether oxygens (including phenoxy) is 2. The summed E-state index contributed by atoms with van der Waals surface area (Å²) in [6.45, 7) is 2.08. The van der Waals surface area contributed by atoms with E-state index in [2.05, 4.69) is 5.32 Å². The summed E-state index contributed by atoms with van der Waals surface area (Å²) in [5.74, 6) is 1.07. The van der Waals surface area contributed by atoms with Crippen LogP contribution in [0.15, 0.2) is 54.6 Å². The van der Waals surface area contributed by atoms with Crippen LogP contribution in [-0.4, -0.2) is 36.9 Å². The molecule has 0 saturated carbocycles. The van der Waals surface area contributed by atoms with Crippen molar-refractivity contribution in [3.8, 4) is 11.5 Å². The Morgan fingerprint density at radius 1 is 1.09 bits per heavy atom. The second kappa shape index (κ2) is 8.80.